The molecule has 0 N–H and O–H groups in total. The Bertz CT molecular complexity index is 2860. The molecule has 0 aliphatic carbocycles. The molecule has 2 aromatic heterocycles. The minimum Gasteiger partial charge on any atom is -0.509 e. The van der Waals surface area contributed by atoms with Crippen LogP contribution in [0.2, 0.25) is 0 Å². The number of halogens is 1. The molecule has 0 unspecified atom stereocenters. The van der Waals surface area contributed by atoms with Crippen LogP contribution in [-0.4, -0.2) is 9.55 Å². The fourth-order valence-corrected chi connectivity index (χ4v) is 8.23. The Balaban J connectivity index is 0.00000499. The first-order valence-electron chi connectivity index (χ1n) is 20.4. The summed E-state index contributed by atoms with van der Waals surface area (Å²) in [6.07, 6.45) is 1.85. The Morgan fingerprint density at radius 2 is 1.38 bits per heavy atom. The molecule has 306 valence electrons. The molecule has 0 fully saturated rings. The Morgan fingerprint density at radius 1 is 0.683 bits per heavy atom. The topological polar surface area (TPSA) is 33.5 Å². The third-order valence-corrected chi connectivity index (χ3v) is 11.3. The molecule has 60 heavy (non-hydrogen) atoms. The van der Waals surface area contributed by atoms with E-state index >= 15 is 0 Å². The number of hydrogen-bond donors (Lipinski definition) is 0. The van der Waals surface area contributed by atoms with E-state index < -0.39 is 0 Å². The molecule has 0 spiro atoms. The van der Waals surface area contributed by atoms with Gasteiger partial charge >= 0.3 is 0 Å². The summed E-state index contributed by atoms with van der Waals surface area (Å²) in [6.45, 7) is 19.9. The molecule has 6 aromatic carbocycles. The van der Waals surface area contributed by atoms with Crippen LogP contribution < -0.4 is 14.5 Å². The summed E-state index contributed by atoms with van der Waals surface area (Å²) in [6, 6.07) is 48.1. The summed E-state index contributed by atoms with van der Waals surface area (Å²) >= 11 is 0. The maximum absolute atomic E-state index is 14.5. The number of para-hydroxylation sites is 3. The minimum absolute atomic E-state index is 0. The maximum Gasteiger partial charge on any atom is 0.135 e. The second-order valence-corrected chi connectivity index (χ2v) is 17.3. The second kappa shape index (κ2) is 16.0. The number of pyridine rings is 1. The fourth-order valence-electron chi connectivity index (χ4n) is 8.23. The van der Waals surface area contributed by atoms with Crippen LogP contribution in [-0.2, 0) is 26.5 Å². The number of ether oxygens (including phenoxy) is 1. The predicted octanol–water partition coefficient (Wildman–Crippen LogP) is 14.6. The normalized spacial score (nSPS) is 12.8. The van der Waals surface area contributed by atoms with Crippen molar-refractivity contribution in [3.05, 3.63) is 174 Å². The van der Waals surface area contributed by atoms with Gasteiger partial charge in [0.25, 0.3) is 0 Å². The van der Waals surface area contributed by atoms with Crippen molar-refractivity contribution in [3.8, 4) is 28.4 Å². The van der Waals surface area contributed by atoms with Crippen molar-refractivity contribution < 1.29 is 30.2 Å². The molecule has 0 atom stereocenters. The van der Waals surface area contributed by atoms with Crippen LogP contribution >= 0.6 is 0 Å². The van der Waals surface area contributed by atoms with Gasteiger partial charge in [0.2, 0.25) is 0 Å². The van der Waals surface area contributed by atoms with Crippen LogP contribution in [0.1, 0.15) is 82.6 Å². The molecule has 8 aromatic rings. The largest absolute Gasteiger partial charge is 0.509 e. The van der Waals surface area contributed by atoms with Gasteiger partial charge in [-0.15, -0.1) is 53.6 Å². The van der Waals surface area contributed by atoms with Gasteiger partial charge in [0.05, 0.1) is 0 Å². The monoisotopic (exact) mass is 970 g/mol. The number of anilines is 4. The molecule has 0 radical (unpaired) electrons. The Morgan fingerprint density at radius 3 is 2.07 bits per heavy atom. The van der Waals surface area contributed by atoms with Crippen LogP contribution in [0, 0.1) is 31.5 Å². The zero-order valence-corrected chi connectivity index (χ0v) is 37.5. The van der Waals surface area contributed by atoms with Crippen molar-refractivity contribution in [3.63, 3.8) is 0 Å². The van der Waals surface area contributed by atoms with Gasteiger partial charge in [-0.3, -0.25) is 0 Å². The van der Waals surface area contributed by atoms with Crippen LogP contribution in [0.3, 0.4) is 0 Å². The maximum atomic E-state index is 14.5. The van der Waals surface area contributed by atoms with E-state index in [4.69, 9.17) is 9.72 Å². The van der Waals surface area contributed by atoms with Gasteiger partial charge in [-0.25, -0.2) is 9.37 Å². The molecular formula is C53H48FN4OPt-3. The van der Waals surface area contributed by atoms with E-state index in [1.54, 1.807) is 12.1 Å². The summed E-state index contributed by atoms with van der Waals surface area (Å²) in [5, 5.41) is 2.22. The first-order valence-corrected chi connectivity index (χ1v) is 20.4. The average Bonchev–Trinajstić information content (AvgIpc) is 3.76. The van der Waals surface area contributed by atoms with Crippen LogP contribution in [0.4, 0.5) is 27.1 Å². The summed E-state index contributed by atoms with van der Waals surface area (Å²) in [5.41, 5.74) is 12.5. The average molecular weight is 971 g/mol. The molecule has 0 amide bonds. The smallest absolute Gasteiger partial charge is 0.135 e. The predicted molar refractivity (Wildman–Crippen MR) is 241 cm³/mol. The Labute approximate surface area is 367 Å². The van der Waals surface area contributed by atoms with E-state index in [9.17, 15) is 4.39 Å². The molecule has 1 aliphatic heterocycles. The van der Waals surface area contributed by atoms with E-state index in [1.165, 1.54) is 17.2 Å². The van der Waals surface area contributed by atoms with Crippen molar-refractivity contribution in [2.75, 3.05) is 9.80 Å². The second-order valence-electron chi connectivity index (χ2n) is 17.3. The first-order chi connectivity index (χ1) is 28.3. The number of benzene rings is 6. The number of rotatable bonds is 8. The first kappa shape index (κ1) is 41.0. The summed E-state index contributed by atoms with van der Waals surface area (Å²) in [7, 11) is 0. The van der Waals surface area contributed by atoms with Crippen LogP contribution in [0.25, 0.3) is 38.8 Å². The van der Waals surface area contributed by atoms with Crippen molar-refractivity contribution in [2.24, 2.45) is 0 Å². The molecule has 9 rings (SSSR count). The molecule has 7 heteroatoms. The number of hydrogen-bond acceptors (Lipinski definition) is 4. The molecule has 5 nitrogen and oxygen atoms in total. The standard InChI is InChI=1S/C53H48FN4O.Pt/c1-33(2)45-26-37(36-14-13-15-39(54)25-36)27-46(34(3)4)52(45)57-32-56(48-18-11-12-19-49(48)57)40-28-38(53(6,7)8)29-42(30-40)59-41-20-21-44-43-16-9-10-17-47(43)58(50(44)31-41)51-24-35(5)22-23-55-51;/h9-29,32-34H,1-8H3;/q-3;. The number of aromatic nitrogens is 2. The van der Waals surface area contributed by atoms with E-state index in [0.717, 1.165) is 72.6 Å². The van der Waals surface area contributed by atoms with E-state index in [1.807, 2.05) is 24.4 Å². The molecule has 0 bridgehead atoms. The molecule has 0 saturated carbocycles. The van der Waals surface area contributed by atoms with E-state index in [0.29, 0.717) is 11.5 Å². The van der Waals surface area contributed by atoms with Crippen LogP contribution in [0.15, 0.2) is 128 Å². The minimum atomic E-state index is -0.237. The van der Waals surface area contributed by atoms with Gasteiger partial charge in [0, 0.05) is 61.3 Å². The van der Waals surface area contributed by atoms with Crippen molar-refractivity contribution in [2.45, 2.75) is 72.6 Å². The fraction of sp³-hybridized carbons (Fsp3) is 0.208. The van der Waals surface area contributed by atoms with Gasteiger partial charge in [-0.1, -0.05) is 96.4 Å². The Kier molecular flexibility index (Phi) is 11.0. The summed E-state index contributed by atoms with van der Waals surface area (Å²) in [4.78, 5) is 9.31. The third-order valence-electron chi connectivity index (χ3n) is 11.3. The zero-order chi connectivity index (χ0) is 41.2. The van der Waals surface area contributed by atoms with Gasteiger partial charge in [-0.2, -0.15) is 6.07 Å². The van der Waals surface area contributed by atoms with Crippen LogP contribution in [0.5, 0.6) is 11.5 Å². The third kappa shape index (κ3) is 7.51. The van der Waals surface area contributed by atoms with Gasteiger partial charge in [-0.05, 0) is 112 Å². The molecule has 0 saturated heterocycles. The number of aryl methyl sites for hydroxylation is 1. The zero-order valence-electron chi connectivity index (χ0n) is 35.2. The molecule has 1 aliphatic rings. The van der Waals surface area contributed by atoms with Gasteiger partial charge in [0.15, 0.2) is 0 Å². The van der Waals surface area contributed by atoms with E-state index in [2.05, 4.69) is 173 Å². The number of nitrogens with zero attached hydrogens (tertiary/aromatic N) is 4. The van der Waals surface area contributed by atoms with Crippen molar-refractivity contribution in [1.29, 1.82) is 0 Å². The molecular weight excluding hydrogens is 923 g/mol. The summed E-state index contributed by atoms with van der Waals surface area (Å²) in [5.74, 6) is 2.21. The molecule has 3 heterocycles. The SMILES string of the molecule is Cc1ccnc(-n2c3[c-]c(Oc4[c-]c(N5[CH-]N(c6c(C(C)C)cc(-c7cccc(F)c7)cc6C(C)C)c6ccccc65)cc(C(C)(C)C)c4)ccc3c3ccccc32)c1.[Pt]. The quantitative estimate of drug-likeness (QED) is 0.142. The van der Waals surface area contributed by atoms with Crippen molar-refractivity contribution >= 4 is 44.6 Å². The Hall–Kier alpha value is -5.71. The van der Waals surface area contributed by atoms with Gasteiger partial charge < -0.3 is 19.1 Å². The van der Waals surface area contributed by atoms with Gasteiger partial charge in [0.1, 0.15) is 11.6 Å². The summed E-state index contributed by atoms with van der Waals surface area (Å²) < 4.78 is 23.4. The number of fused-ring (bicyclic) bond motifs is 4. The van der Waals surface area contributed by atoms with Crippen molar-refractivity contribution in [1.82, 2.24) is 9.55 Å². The van der Waals surface area contributed by atoms with E-state index in [-0.39, 0.29) is 44.1 Å².